The Bertz CT molecular complexity index is 1710. The summed E-state index contributed by atoms with van der Waals surface area (Å²) in [6, 6.07) is 7.01. The molecule has 4 heterocycles. The molecule has 6 rings (SSSR count). The van der Waals surface area contributed by atoms with E-state index >= 15 is 0 Å². The fraction of sp³-hybridized carbons (Fsp3) is 0.308. The van der Waals surface area contributed by atoms with Gasteiger partial charge in [-0.2, -0.15) is 28.1 Å². The van der Waals surface area contributed by atoms with Gasteiger partial charge in [-0.25, -0.2) is 4.98 Å². The van der Waals surface area contributed by atoms with Gasteiger partial charge >= 0.3 is 6.18 Å². The Kier molecular flexibility index (Phi) is 5.92. The molecule has 0 bridgehead atoms. The summed E-state index contributed by atoms with van der Waals surface area (Å²) in [5.41, 5.74) is 2.97. The van der Waals surface area contributed by atoms with Crippen LogP contribution in [0.3, 0.4) is 0 Å². The first-order valence-corrected chi connectivity index (χ1v) is 12.3. The molecule has 39 heavy (non-hydrogen) atoms. The van der Waals surface area contributed by atoms with E-state index < -0.39 is 24.6 Å². The van der Waals surface area contributed by atoms with E-state index in [9.17, 15) is 18.0 Å². The van der Waals surface area contributed by atoms with E-state index in [-0.39, 0.29) is 5.52 Å². The highest BCUT2D eigenvalue weighted by molar-refractivity contribution is 5.99. The molecule has 4 aromatic heterocycles. The molecule has 1 fully saturated rings. The van der Waals surface area contributed by atoms with E-state index in [2.05, 4.69) is 25.5 Å². The van der Waals surface area contributed by atoms with Gasteiger partial charge < -0.3 is 10.1 Å². The third-order valence-electron chi connectivity index (χ3n) is 6.33. The molecule has 0 unspecified atom stereocenters. The second-order valence-corrected chi connectivity index (χ2v) is 9.52. The SMILES string of the molecule is C[C@@H](Oc1ccc2c(c1)c(-c1cnn(C)c1)nn2C(=O)CC(F)(F)F)c1nc(NC2CC2)cc2nccnc12. The average molecular weight is 537 g/mol. The second kappa shape index (κ2) is 9.33. The third-order valence-corrected chi connectivity index (χ3v) is 6.33. The number of halogens is 3. The smallest absolute Gasteiger partial charge is 0.397 e. The van der Waals surface area contributed by atoms with E-state index in [1.807, 2.05) is 13.0 Å². The summed E-state index contributed by atoms with van der Waals surface area (Å²) < 4.78 is 47.6. The molecule has 1 aromatic carbocycles. The Hall–Kier alpha value is -4.55. The molecule has 0 radical (unpaired) electrons. The van der Waals surface area contributed by atoms with Crippen LogP contribution in [0.4, 0.5) is 19.0 Å². The molecular weight excluding hydrogens is 513 g/mol. The minimum absolute atomic E-state index is 0.230. The van der Waals surface area contributed by atoms with E-state index in [4.69, 9.17) is 9.72 Å². The van der Waals surface area contributed by atoms with Crippen molar-refractivity contribution >= 4 is 33.7 Å². The molecule has 0 aliphatic heterocycles. The number of anilines is 1. The number of rotatable bonds is 7. The van der Waals surface area contributed by atoms with Gasteiger partial charge in [-0.1, -0.05) is 0 Å². The first-order valence-electron chi connectivity index (χ1n) is 12.3. The van der Waals surface area contributed by atoms with E-state index in [0.717, 1.165) is 17.5 Å². The molecule has 1 aliphatic carbocycles. The van der Waals surface area contributed by atoms with Gasteiger partial charge in [-0.3, -0.25) is 19.4 Å². The van der Waals surface area contributed by atoms with Crippen molar-refractivity contribution in [3.63, 3.8) is 0 Å². The molecule has 1 aliphatic rings. The number of aryl methyl sites for hydroxylation is 1. The predicted octanol–water partition coefficient (Wildman–Crippen LogP) is 5.08. The van der Waals surface area contributed by atoms with Crippen molar-refractivity contribution < 1.29 is 22.7 Å². The van der Waals surface area contributed by atoms with Crippen molar-refractivity contribution in [1.29, 1.82) is 0 Å². The number of hydrogen-bond acceptors (Lipinski definition) is 8. The number of hydrogen-bond donors (Lipinski definition) is 1. The fourth-order valence-corrected chi connectivity index (χ4v) is 4.41. The molecule has 200 valence electrons. The van der Waals surface area contributed by atoms with Crippen molar-refractivity contribution in [1.82, 2.24) is 34.5 Å². The Morgan fingerprint density at radius 2 is 2.00 bits per heavy atom. The van der Waals surface area contributed by atoms with Crippen molar-refractivity contribution in [2.75, 3.05) is 5.32 Å². The molecule has 0 spiro atoms. The molecule has 10 nitrogen and oxygen atoms in total. The van der Waals surface area contributed by atoms with Gasteiger partial charge in [0, 0.05) is 48.7 Å². The van der Waals surface area contributed by atoms with Crippen LogP contribution in [0.5, 0.6) is 5.75 Å². The van der Waals surface area contributed by atoms with Gasteiger partial charge in [-0.05, 0) is 38.0 Å². The van der Waals surface area contributed by atoms with Crippen LogP contribution in [-0.4, -0.2) is 52.6 Å². The number of nitrogens with zero attached hydrogens (tertiary/aromatic N) is 7. The highest BCUT2D eigenvalue weighted by Gasteiger charge is 2.33. The summed E-state index contributed by atoms with van der Waals surface area (Å²) in [7, 11) is 1.71. The van der Waals surface area contributed by atoms with Crippen molar-refractivity contribution in [3.05, 3.63) is 54.7 Å². The molecule has 0 saturated heterocycles. The summed E-state index contributed by atoms with van der Waals surface area (Å²) in [5.74, 6) is -0.0732. The van der Waals surface area contributed by atoms with Gasteiger partial charge in [0.05, 0.1) is 17.2 Å². The number of nitrogens with one attached hydrogen (secondary N) is 1. The Labute approximate surface area is 219 Å². The topological polar surface area (TPSA) is 113 Å². The first kappa shape index (κ1) is 24.8. The molecular formula is C26H23F3N8O2. The van der Waals surface area contributed by atoms with Gasteiger partial charge in [0.2, 0.25) is 0 Å². The van der Waals surface area contributed by atoms with Crippen molar-refractivity contribution in [3.8, 4) is 17.0 Å². The number of alkyl halides is 3. The predicted molar refractivity (Wildman–Crippen MR) is 136 cm³/mol. The molecule has 1 atom stereocenters. The maximum atomic E-state index is 13.0. The Balaban J connectivity index is 1.38. The zero-order valence-electron chi connectivity index (χ0n) is 21.0. The second-order valence-electron chi connectivity index (χ2n) is 9.52. The molecule has 0 amide bonds. The third kappa shape index (κ3) is 5.11. The molecule has 13 heteroatoms. The number of pyridine rings is 1. The van der Waals surface area contributed by atoms with Crippen molar-refractivity contribution in [2.24, 2.45) is 7.05 Å². The largest absolute Gasteiger partial charge is 0.484 e. The molecule has 1 saturated carbocycles. The minimum Gasteiger partial charge on any atom is -0.484 e. The lowest BCUT2D eigenvalue weighted by Crippen LogP contribution is -2.21. The highest BCUT2D eigenvalue weighted by atomic mass is 19.4. The molecule has 5 aromatic rings. The van der Waals surface area contributed by atoms with Crippen LogP contribution in [-0.2, 0) is 7.05 Å². The van der Waals surface area contributed by atoms with E-state index in [0.29, 0.717) is 51.0 Å². The van der Waals surface area contributed by atoms with Crippen LogP contribution in [0.2, 0.25) is 0 Å². The number of carbonyl (C=O) groups excluding carboxylic acids is 1. The number of aromatic nitrogens is 7. The summed E-state index contributed by atoms with van der Waals surface area (Å²) in [5, 5.41) is 12.2. The van der Waals surface area contributed by atoms with E-state index in [1.165, 1.54) is 12.3 Å². The quantitative estimate of drug-likeness (QED) is 0.306. The highest BCUT2D eigenvalue weighted by Crippen LogP contribution is 2.34. The van der Waals surface area contributed by atoms with Gasteiger partial charge in [0.25, 0.3) is 5.91 Å². The number of ether oxygens (including phenoxy) is 1. The van der Waals surface area contributed by atoms with Crippen LogP contribution in [0.1, 0.15) is 42.8 Å². The van der Waals surface area contributed by atoms with Crippen LogP contribution < -0.4 is 10.1 Å². The van der Waals surface area contributed by atoms with Crippen LogP contribution >= 0.6 is 0 Å². The lowest BCUT2D eigenvalue weighted by atomic mass is 10.1. The van der Waals surface area contributed by atoms with Crippen molar-refractivity contribution in [2.45, 2.75) is 44.5 Å². The summed E-state index contributed by atoms with van der Waals surface area (Å²) in [6.07, 6.45) is 1.73. The number of fused-ring (bicyclic) bond motifs is 2. The minimum atomic E-state index is -4.66. The lowest BCUT2D eigenvalue weighted by molar-refractivity contribution is -0.126. The number of benzene rings is 1. The van der Waals surface area contributed by atoms with Crippen LogP contribution in [0.15, 0.2) is 49.1 Å². The maximum Gasteiger partial charge on any atom is 0.397 e. The monoisotopic (exact) mass is 536 g/mol. The zero-order chi connectivity index (χ0) is 27.3. The Morgan fingerprint density at radius 3 is 2.72 bits per heavy atom. The standard InChI is InChI=1S/C26H23F3N8O2/c1-14(23-25-19(30-7-8-31-25)10-21(34-23)33-16-3-4-16)39-17-5-6-20-18(9-17)24(15-12-32-36(2)13-15)35-37(20)22(38)11-26(27,28)29/h5-10,12-14,16H,3-4,11H2,1-2H3,(H,33,34)/t14-/m1/s1. The maximum absolute atomic E-state index is 13.0. The summed E-state index contributed by atoms with van der Waals surface area (Å²) >= 11 is 0. The molecule has 1 N–H and O–H groups in total. The normalized spacial score (nSPS) is 14.6. The van der Waals surface area contributed by atoms with E-state index in [1.54, 1.807) is 42.5 Å². The van der Waals surface area contributed by atoms with Gasteiger partial charge in [0.15, 0.2) is 0 Å². The average Bonchev–Trinajstić information content (AvgIpc) is 3.46. The zero-order valence-corrected chi connectivity index (χ0v) is 21.0. The van der Waals surface area contributed by atoms with Crippen LogP contribution in [0, 0.1) is 0 Å². The Morgan fingerprint density at radius 1 is 1.21 bits per heavy atom. The lowest BCUT2D eigenvalue weighted by Gasteiger charge is -2.17. The summed E-state index contributed by atoms with van der Waals surface area (Å²) in [4.78, 5) is 26.1. The summed E-state index contributed by atoms with van der Waals surface area (Å²) in [6.45, 7) is 1.83. The van der Waals surface area contributed by atoms with Gasteiger partial charge in [0.1, 0.15) is 41.0 Å². The number of carbonyl (C=O) groups is 1. The van der Waals surface area contributed by atoms with Gasteiger partial charge in [-0.15, -0.1) is 0 Å². The van der Waals surface area contributed by atoms with Crippen LogP contribution in [0.25, 0.3) is 33.2 Å². The fourth-order valence-electron chi connectivity index (χ4n) is 4.41. The first-order chi connectivity index (χ1) is 18.6.